The van der Waals surface area contributed by atoms with E-state index in [1.54, 1.807) is 36.4 Å². The lowest BCUT2D eigenvalue weighted by molar-refractivity contribution is -0.133. The summed E-state index contributed by atoms with van der Waals surface area (Å²) in [4.78, 5) is 28.4. The molecule has 1 saturated heterocycles. The molecule has 0 atom stereocenters. The first-order chi connectivity index (χ1) is 14.0. The van der Waals surface area contributed by atoms with E-state index in [-0.39, 0.29) is 18.4 Å². The van der Waals surface area contributed by atoms with E-state index in [0.717, 1.165) is 0 Å². The van der Waals surface area contributed by atoms with Gasteiger partial charge in [-0.25, -0.2) is 0 Å². The van der Waals surface area contributed by atoms with Gasteiger partial charge in [0.2, 0.25) is 11.8 Å². The van der Waals surface area contributed by atoms with Gasteiger partial charge in [-0.2, -0.15) is 0 Å². The summed E-state index contributed by atoms with van der Waals surface area (Å²) >= 11 is 11.9. The predicted molar refractivity (Wildman–Crippen MR) is 115 cm³/mol. The first-order valence-corrected chi connectivity index (χ1v) is 10.2. The van der Waals surface area contributed by atoms with Gasteiger partial charge < -0.3 is 15.0 Å². The topological polar surface area (TPSA) is 61.9 Å². The van der Waals surface area contributed by atoms with Gasteiger partial charge >= 0.3 is 0 Å². The number of hydrogen-bond acceptors (Lipinski definition) is 4. The second-order valence-corrected chi connectivity index (χ2v) is 7.58. The maximum Gasteiger partial charge on any atom is 0.238 e. The smallest absolute Gasteiger partial charge is 0.238 e. The van der Waals surface area contributed by atoms with Gasteiger partial charge in [-0.05, 0) is 36.4 Å². The number of benzene rings is 2. The van der Waals surface area contributed by atoms with Crippen LogP contribution >= 0.6 is 23.2 Å². The van der Waals surface area contributed by atoms with Crippen LogP contribution in [0.3, 0.4) is 0 Å². The minimum absolute atomic E-state index is 0.0548. The number of nitrogens with zero attached hydrogens (tertiary/aromatic N) is 2. The molecule has 6 nitrogen and oxygen atoms in total. The van der Waals surface area contributed by atoms with E-state index in [0.29, 0.717) is 60.7 Å². The van der Waals surface area contributed by atoms with E-state index < -0.39 is 0 Å². The van der Waals surface area contributed by atoms with Gasteiger partial charge in [0, 0.05) is 31.2 Å². The van der Waals surface area contributed by atoms with E-state index in [4.69, 9.17) is 27.9 Å². The summed E-state index contributed by atoms with van der Waals surface area (Å²) in [6.45, 7) is 3.09. The summed E-state index contributed by atoms with van der Waals surface area (Å²) in [5.74, 6) is 0.630. The highest BCUT2D eigenvalue weighted by atomic mass is 35.5. The van der Waals surface area contributed by atoms with Crippen molar-refractivity contribution in [1.82, 2.24) is 9.80 Å². The lowest BCUT2D eigenvalue weighted by Gasteiger charge is -2.34. The third kappa shape index (κ3) is 6.63. The third-order valence-electron chi connectivity index (χ3n) is 4.64. The van der Waals surface area contributed by atoms with Crippen LogP contribution in [0.5, 0.6) is 5.75 Å². The van der Waals surface area contributed by atoms with Crippen LogP contribution in [0, 0.1) is 0 Å². The molecule has 29 heavy (non-hydrogen) atoms. The van der Waals surface area contributed by atoms with E-state index in [2.05, 4.69) is 5.32 Å². The molecule has 154 valence electrons. The molecular weight excluding hydrogens is 413 g/mol. The van der Waals surface area contributed by atoms with Crippen LogP contribution < -0.4 is 10.1 Å². The first kappa shape index (κ1) is 21.4. The Morgan fingerprint density at radius 3 is 2.34 bits per heavy atom. The van der Waals surface area contributed by atoms with Crippen molar-refractivity contribution in [3.8, 4) is 5.75 Å². The number of rotatable bonds is 7. The Morgan fingerprint density at radius 2 is 1.66 bits per heavy atom. The molecule has 1 aliphatic rings. The van der Waals surface area contributed by atoms with Gasteiger partial charge in [0.1, 0.15) is 5.75 Å². The highest BCUT2D eigenvalue weighted by Crippen LogP contribution is 2.20. The largest absolute Gasteiger partial charge is 0.493 e. The molecule has 0 bridgehead atoms. The van der Waals surface area contributed by atoms with E-state index in [1.807, 2.05) is 21.9 Å². The van der Waals surface area contributed by atoms with Crippen LogP contribution in [0.25, 0.3) is 0 Å². The summed E-state index contributed by atoms with van der Waals surface area (Å²) in [5, 5.41) is 3.98. The van der Waals surface area contributed by atoms with Crippen molar-refractivity contribution in [1.29, 1.82) is 0 Å². The molecule has 0 unspecified atom stereocenters. The maximum atomic E-state index is 12.4. The van der Waals surface area contributed by atoms with Crippen molar-refractivity contribution >= 4 is 40.7 Å². The molecule has 2 aromatic carbocycles. The number of piperazine rings is 1. The van der Waals surface area contributed by atoms with Crippen molar-refractivity contribution in [2.45, 2.75) is 6.42 Å². The highest BCUT2D eigenvalue weighted by molar-refractivity contribution is 6.33. The van der Waals surface area contributed by atoms with Crippen molar-refractivity contribution in [3.05, 3.63) is 58.6 Å². The molecular formula is C21H23Cl2N3O3. The van der Waals surface area contributed by atoms with E-state index in [9.17, 15) is 9.59 Å². The Bertz CT molecular complexity index is 837. The van der Waals surface area contributed by atoms with Gasteiger partial charge in [0.05, 0.1) is 30.3 Å². The molecule has 0 radical (unpaired) electrons. The summed E-state index contributed by atoms with van der Waals surface area (Å²) < 4.78 is 5.58. The molecule has 0 spiro atoms. The predicted octanol–water partition coefficient (Wildman–Crippen LogP) is 3.55. The van der Waals surface area contributed by atoms with Gasteiger partial charge in [0.25, 0.3) is 0 Å². The lowest BCUT2D eigenvalue weighted by atomic mass is 10.2. The average Bonchev–Trinajstić information content (AvgIpc) is 2.71. The Hall–Kier alpha value is -2.28. The number of amides is 2. The van der Waals surface area contributed by atoms with Crippen molar-refractivity contribution in [3.63, 3.8) is 0 Å². The fourth-order valence-electron chi connectivity index (χ4n) is 3.06. The van der Waals surface area contributed by atoms with Crippen LogP contribution in [0.15, 0.2) is 48.5 Å². The standard InChI is InChI=1S/C21H23Cl2N3O3/c22-16-5-7-17(8-6-16)29-14-9-21(28)26-12-10-25(11-13-26)15-20(27)24-19-4-2-1-3-18(19)23/h1-8H,9-15H2,(H,24,27). The van der Waals surface area contributed by atoms with Crippen molar-refractivity contribution < 1.29 is 14.3 Å². The van der Waals surface area contributed by atoms with Gasteiger partial charge in [-0.3, -0.25) is 14.5 Å². The van der Waals surface area contributed by atoms with Crippen molar-refractivity contribution in [2.24, 2.45) is 0 Å². The SMILES string of the molecule is O=C(CN1CCN(C(=O)CCOc2ccc(Cl)cc2)CC1)Nc1ccccc1Cl. The Balaban J connectivity index is 1.36. The Kier molecular flexibility index (Phi) is 7.75. The summed E-state index contributed by atoms with van der Waals surface area (Å²) in [7, 11) is 0. The summed E-state index contributed by atoms with van der Waals surface area (Å²) in [6.07, 6.45) is 0.315. The number of para-hydroxylation sites is 1. The zero-order valence-corrected chi connectivity index (χ0v) is 17.5. The quantitative estimate of drug-likeness (QED) is 0.722. The number of carbonyl (C=O) groups excluding carboxylic acids is 2. The number of anilines is 1. The number of halogens is 2. The van der Waals surface area contributed by atoms with Gasteiger partial charge in [0.15, 0.2) is 0 Å². The van der Waals surface area contributed by atoms with Gasteiger partial charge in [-0.15, -0.1) is 0 Å². The number of nitrogens with one attached hydrogen (secondary N) is 1. The molecule has 0 aliphatic carbocycles. The summed E-state index contributed by atoms with van der Waals surface area (Å²) in [5.41, 5.74) is 0.605. The normalized spacial score (nSPS) is 14.5. The zero-order valence-electron chi connectivity index (χ0n) is 15.9. The van der Waals surface area contributed by atoms with Gasteiger partial charge in [-0.1, -0.05) is 35.3 Å². The molecule has 1 aliphatic heterocycles. The highest BCUT2D eigenvalue weighted by Gasteiger charge is 2.22. The Morgan fingerprint density at radius 1 is 0.966 bits per heavy atom. The van der Waals surface area contributed by atoms with Crippen LogP contribution in [0.2, 0.25) is 10.0 Å². The number of carbonyl (C=O) groups is 2. The minimum atomic E-state index is -0.116. The molecule has 0 aromatic heterocycles. The second kappa shape index (κ2) is 10.5. The number of ether oxygens (including phenoxy) is 1. The molecule has 1 heterocycles. The van der Waals surface area contributed by atoms with Crippen LogP contribution in [0.4, 0.5) is 5.69 Å². The van der Waals surface area contributed by atoms with Crippen LogP contribution in [-0.4, -0.2) is 60.9 Å². The minimum Gasteiger partial charge on any atom is -0.493 e. The third-order valence-corrected chi connectivity index (χ3v) is 5.22. The van der Waals surface area contributed by atoms with E-state index in [1.165, 1.54) is 0 Å². The fraction of sp³-hybridized carbons (Fsp3) is 0.333. The number of hydrogen-bond donors (Lipinski definition) is 1. The molecule has 3 rings (SSSR count). The second-order valence-electron chi connectivity index (χ2n) is 6.74. The van der Waals surface area contributed by atoms with Crippen LogP contribution in [-0.2, 0) is 9.59 Å². The van der Waals surface area contributed by atoms with Crippen LogP contribution in [0.1, 0.15) is 6.42 Å². The zero-order chi connectivity index (χ0) is 20.6. The van der Waals surface area contributed by atoms with E-state index >= 15 is 0 Å². The van der Waals surface area contributed by atoms with Crippen molar-refractivity contribution in [2.75, 3.05) is 44.6 Å². The molecule has 2 aromatic rings. The average molecular weight is 436 g/mol. The first-order valence-electron chi connectivity index (χ1n) is 9.44. The molecule has 2 amide bonds. The molecule has 1 N–H and O–H groups in total. The molecule has 8 heteroatoms. The Labute approximate surface area is 180 Å². The fourth-order valence-corrected chi connectivity index (χ4v) is 3.36. The summed E-state index contributed by atoms with van der Waals surface area (Å²) in [6, 6.07) is 14.2. The maximum absolute atomic E-state index is 12.4. The lowest BCUT2D eigenvalue weighted by Crippen LogP contribution is -2.50. The molecule has 1 fully saturated rings. The molecule has 0 saturated carbocycles. The monoisotopic (exact) mass is 435 g/mol.